The van der Waals surface area contributed by atoms with Crippen LogP contribution in [-0.2, 0) is 12.8 Å². The lowest BCUT2D eigenvalue weighted by molar-refractivity contribution is 0.0734. The molecule has 0 unspecified atom stereocenters. The molecule has 158 valence electrons. The van der Waals surface area contributed by atoms with Crippen LogP contribution in [0.2, 0.25) is 0 Å². The summed E-state index contributed by atoms with van der Waals surface area (Å²) in [6.45, 7) is 1.53. The Morgan fingerprint density at radius 2 is 1.28 bits per heavy atom. The zero-order chi connectivity index (χ0) is 22.2. The largest absolute Gasteiger partial charge is 0.497 e. The predicted octanol–water partition coefficient (Wildman–Crippen LogP) is 6.04. The fourth-order valence-electron chi connectivity index (χ4n) is 4.30. The van der Waals surface area contributed by atoms with Crippen LogP contribution in [0.15, 0.2) is 72.8 Å². The number of hydrogen-bond donors (Lipinski definition) is 0. The van der Waals surface area contributed by atoms with Gasteiger partial charge in [-0.3, -0.25) is 4.79 Å². The van der Waals surface area contributed by atoms with E-state index in [1.54, 1.807) is 31.4 Å². The minimum atomic E-state index is -0.416. The molecule has 0 atom stereocenters. The molecule has 0 spiro atoms. The summed E-state index contributed by atoms with van der Waals surface area (Å²) >= 11 is 0. The standard InChI is InChI=1S/C28H22O4/c1-17(29)19-5-3-18-4-8-22(14-23(18)13-19)28(30)32-25-10-12-27-21(16-25)7-6-20-15-24(31-2)9-11-26(20)27/h3-5,8-16H,6-7H2,1-2H3. The van der Waals surface area contributed by atoms with Gasteiger partial charge in [0.25, 0.3) is 0 Å². The van der Waals surface area contributed by atoms with Crippen molar-refractivity contribution in [2.45, 2.75) is 19.8 Å². The number of fused-ring (bicyclic) bond motifs is 4. The lowest BCUT2D eigenvalue weighted by Gasteiger charge is -2.21. The number of carbonyl (C=O) groups is 2. The van der Waals surface area contributed by atoms with E-state index in [0.717, 1.165) is 40.5 Å². The number of hydrogen-bond acceptors (Lipinski definition) is 4. The topological polar surface area (TPSA) is 52.6 Å². The average molecular weight is 422 g/mol. The lowest BCUT2D eigenvalue weighted by Crippen LogP contribution is -2.10. The molecule has 0 amide bonds. The van der Waals surface area contributed by atoms with Gasteiger partial charge >= 0.3 is 5.97 Å². The van der Waals surface area contributed by atoms with E-state index in [2.05, 4.69) is 12.1 Å². The monoisotopic (exact) mass is 422 g/mol. The summed E-state index contributed by atoms with van der Waals surface area (Å²) in [7, 11) is 1.68. The third kappa shape index (κ3) is 3.65. The van der Waals surface area contributed by atoms with Gasteiger partial charge in [0.15, 0.2) is 5.78 Å². The summed E-state index contributed by atoms with van der Waals surface area (Å²) in [5.74, 6) is 0.974. The number of esters is 1. The van der Waals surface area contributed by atoms with E-state index in [-0.39, 0.29) is 5.78 Å². The first-order chi connectivity index (χ1) is 15.5. The number of aryl methyl sites for hydroxylation is 2. The van der Waals surface area contributed by atoms with Crippen molar-refractivity contribution >= 4 is 22.5 Å². The third-order valence-corrected chi connectivity index (χ3v) is 6.04. The van der Waals surface area contributed by atoms with Gasteiger partial charge in [0.1, 0.15) is 11.5 Å². The molecule has 0 fully saturated rings. The highest BCUT2D eigenvalue weighted by Crippen LogP contribution is 2.37. The molecule has 4 heteroatoms. The minimum Gasteiger partial charge on any atom is -0.497 e. The molecule has 0 heterocycles. The Bertz CT molecular complexity index is 1380. The van der Waals surface area contributed by atoms with Crippen LogP contribution in [0.3, 0.4) is 0 Å². The van der Waals surface area contributed by atoms with E-state index in [1.165, 1.54) is 18.1 Å². The maximum Gasteiger partial charge on any atom is 0.343 e. The van der Waals surface area contributed by atoms with Gasteiger partial charge in [-0.05, 0) is 95.3 Å². The quantitative estimate of drug-likeness (QED) is 0.229. The van der Waals surface area contributed by atoms with Gasteiger partial charge in [-0.25, -0.2) is 4.79 Å². The third-order valence-electron chi connectivity index (χ3n) is 6.04. The van der Waals surface area contributed by atoms with Gasteiger partial charge in [-0.15, -0.1) is 0 Å². The molecule has 4 aromatic rings. The van der Waals surface area contributed by atoms with Gasteiger partial charge in [0.2, 0.25) is 0 Å². The van der Waals surface area contributed by atoms with Crippen LogP contribution in [0.1, 0.15) is 38.8 Å². The van der Waals surface area contributed by atoms with Gasteiger partial charge in [0, 0.05) is 5.56 Å². The summed E-state index contributed by atoms with van der Waals surface area (Å²) in [5.41, 5.74) is 5.86. The van der Waals surface area contributed by atoms with Crippen molar-refractivity contribution < 1.29 is 19.1 Å². The second-order valence-electron chi connectivity index (χ2n) is 8.06. The Hall–Kier alpha value is -3.92. The maximum absolute atomic E-state index is 12.8. The van der Waals surface area contributed by atoms with Crippen LogP contribution in [0.4, 0.5) is 0 Å². The van der Waals surface area contributed by atoms with Gasteiger partial charge in [0.05, 0.1) is 12.7 Å². The number of benzene rings is 4. The molecule has 0 aromatic heterocycles. The molecule has 32 heavy (non-hydrogen) atoms. The van der Waals surface area contributed by atoms with Crippen LogP contribution < -0.4 is 9.47 Å². The molecule has 0 aliphatic heterocycles. The molecule has 0 N–H and O–H groups in total. The molecule has 0 saturated heterocycles. The molecule has 1 aliphatic rings. The zero-order valence-corrected chi connectivity index (χ0v) is 18.0. The van der Waals surface area contributed by atoms with Crippen molar-refractivity contribution in [2.24, 2.45) is 0 Å². The summed E-state index contributed by atoms with van der Waals surface area (Å²) in [4.78, 5) is 24.5. The van der Waals surface area contributed by atoms with E-state index >= 15 is 0 Å². The van der Waals surface area contributed by atoms with Crippen molar-refractivity contribution in [2.75, 3.05) is 7.11 Å². The Kier molecular flexibility index (Phi) is 4.98. The maximum atomic E-state index is 12.8. The highest BCUT2D eigenvalue weighted by molar-refractivity contribution is 6.01. The van der Waals surface area contributed by atoms with E-state index in [4.69, 9.17) is 9.47 Å². The molecule has 0 bridgehead atoms. The summed E-state index contributed by atoms with van der Waals surface area (Å²) in [5, 5.41) is 1.81. The highest BCUT2D eigenvalue weighted by atomic mass is 16.5. The summed E-state index contributed by atoms with van der Waals surface area (Å²) < 4.78 is 11.0. The van der Waals surface area contributed by atoms with Crippen LogP contribution in [-0.4, -0.2) is 18.9 Å². The number of rotatable bonds is 4. The SMILES string of the molecule is COc1ccc2c(c1)CCc1cc(OC(=O)c3ccc4ccc(C(C)=O)cc4c3)ccc1-2. The molecule has 0 radical (unpaired) electrons. The Morgan fingerprint density at radius 3 is 1.94 bits per heavy atom. The van der Waals surface area contributed by atoms with E-state index in [9.17, 15) is 9.59 Å². The Balaban J connectivity index is 1.41. The van der Waals surface area contributed by atoms with Gasteiger partial charge < -0.3 is 9.47 Å². The molecule has 0 saturated carbocycles. The van der Waals surface area contributed by atoms with Gasteiger partial charge in [-0.2, -0.15) is 0 Å². The van der Waals surface area contributed by atoms with Crippen molar-refractivity contribution in [1.29, 1.82) is 0 Å². The van der Waals surface area contributed by atoms with E-state index in [0.29, 0.717) is 16.9 Å². The fourth-order valence-corrected chi connectivity index (χ4v) is 4.30. The second-order valence-corrected chi connectivity index (χ2v) is 8.06. The number of carbonyl (C=O) groups excluding carboxylic acids is 2. The smallest absolute Gasteiger partial charge is 0.343 e. The first-order valence-electron chi connectivity index (χ1n) is 10.6. The van der Waals surface area contributed by atoms with Crippen LogP contribution in [0.5, 0.6) is 11.5 Å². The molecular weight excluding hydrogens is 400 g/mol. The fraction of sp³-hybridized carbons (Fsp3) is 0.143. The lowest BCUT2D eigenvalue weighted by atomic mass is 9.85. The van der Waals surface area contributed by atoms with E-state index < -0.39 is 5.97 Å². The Morgan fingerprint density at radius 1 is 0.688 bits per heavy atom. The average Bonchev–Trinajstić information content (AvgIpc) is 2.82. The molecule has 5 rings (SSSR count). The van der Waals surface area contributed by atoms with Crippen molar-refractivity contribution in [3.05, 3.63) is 95.1 Å². The first-order valence-corrected chi connectivity index (χ1v) is 10.6. The minimum absolute atomic E-state index is 0.00560. The van der Waals surface area contributed by atoms with Gasteiger partial charge in [-0.1, -0.05) is 30.3 Å². The van der Waals surface area contributed by atoms with Crippen molar-refractivity contribution in [3.63, 3.8) is 0 Å². The number of methoxy groups -OCH3 is 1. The molecule has 1 aliphatic carbocycles. The normalized spacial score (nSPS) is 12.1. The van der Waals surface area contributed by atoms with Crippen molar-refractivity contribution in [1.82, 2.24) is 0 Å². The first kappa shape index (κ1) is 20.0. The number of Topliss-reactive ketones (excluding diaryl/α,β-unsaturated/α-hetero) is 1. The molecule has 4 nitrogen and oxygen atoms in total. The summed E-state index contributed by atoms with van der Waals surface area (Å²) in [6, 6.07) is 22.8. The second kappa shape index (κ2) is 7.97. The number of ether oxygens (including phenoxy) is 2. The predicted molar refractivity (Wildman–Crippen MR) is 125 cm³/mol. The highest BCUT2D eigenvalue weighted by Gasteiger charge is 2.18. The zero-order valence-electron chi connectivity index (χ0n) is 18.0. The Labute approximate surface area is 186 Å². The number of ketones is 1. The summed E-state index contributed by atoms with van der Waals surface area (Å²) in [6.07, 6.45) is 1.80. The molecule has 4 aromatic carbocycles. The van der Waals surface area contributed by atoms with E-state index in [1.807, 2.05) is 36.4 Å². The van der Waals surface area contributed by atoms with Crippen LogP contribution in [0, 0.1) is 0 Å². The van der Waals surface area contributed by atoms with Crippen LogP contribution in [0.25, 0.3) is 21.9 Å². The van der Waals surface area contributed by atoms with Crippen molar-refractivity contribution in [3.8, 4) is 22.6 Å². The molecular formula is C28H22O4. The van der Waals surface area contributed by atoms with Crippen LogP contribution >= 0.6 is 0 Å².